The molecular weight excluding hydrogens is 190 g/mol. The van der Waals surface area contributed by atoms with E-state index in [2.05, 4.69) is 25.9 Å². The van der Waals surface area contributed by atoms with Crippen molar-refractivity contribution in [3.63, 3.8) is 0 Å². The van der Waals surface area contributed by atoms with E-state index in [0.29, 0.717) is 18.9 Å². The third-order valence-electron chi connectivity index (χ3n) is 3.81. The highest BCUT2D eigenvalue weighted by molar-refractivity contribution is 5.71. The number of carbonyl (C=O) groups excluding carboxylic acids is 1. The molecule has 0 aromatic rings. The highest BCUT2D eigenvalue weighted by Gasteiger charge is 2.43. The maximum Gasteiger partial charge on any atom is 0.307 e. The van der Waals surface area contributed by atoms with E-state index in [4.69, 9.17) is 4.74 Å². The average Bonchev–Trinajstić information content (AvgIpc) is 2.49. The third-order valence-corrected chi connectivity index (χ3v) is 3.81. The van der Waals surface area contributed by atoms with E-state index in [1.807, 2.05) is 6.92 Å². The van der Waals surface area contributed by atoms with Gasteiger partial charge < -0.3 is 9.64 Å². The van der Waals surface area contributed by atoms with E-state index in [9.17, 15) is 4.79 Å². The van der Waals surface area contributed by atoms with Crippen LogP contribution in [0.2, 0.25) is 0 Å². The summed E-state index contributed by atoms with van der Waals surface area (Å²) in [4.78, 5) is 13.8. The standard InChI is InChI=1S/C12H23NO2/c1-5-15-11(14)9-12(13(3)4)8-6-7-10(12)2/h10H,5-9H2,1-4H3. The molecule has 0 heterocycles. The molecule has 0 aromatic heterocycles. The van der Waals surface area contributed by atoms with Crippen molar-refractivity contribution in [1.29, 1.82) is 0 Å². The highest BCUT2D eigenvalue weighted by Crippen LogP contribution is 2.41. The Labute approximate surface area is 92.8 Å². The summed E-state index contributed by atoms with van der Waals surface area (Å²) >= 11 is 0. The van der Waals surface area contributed by atoms with Gasteiger partial charge in [-0.1, -0.05) is 13.3 Å². The number of hydrogen-bond donors (Lipinski definition) is 0. The van der Waals surface area contributed by atoms with Gasteiger partial charge in [-0.15, -0.1) is 0 Å². The zero-order chi connectivity index (χ0) is 11.5. The van der Waals surface area contributed by atoms with Gasteiger partial charge in [-0.05, 0) is 39.8 Å². The topological polar surface area (TPSA) is 29.5 Å². The summed E-state index contributed by atoms with van der Waals surface area (Å²) in [6.07, 6.45) is 4.09. The normalized spacial score (nSPS) is 30.9. The van der Waals surface area contributed by atoms with E-state index < -0.39 is 0 Å². The Morgan fingerprint density at radius 2 is 2.20 bits per heavy atom. The highest BCUT2D eigenvalue weighted by atomic mass is 16.5. The molecule has 2 atom stereocenters. The van der Waals surface area contributed by atoms with Gasteiger partial charge in [0.25, 0.3) is 0 Å². The first-order chi connectivity index (χ1) is 7.03. The van der Waals surface area contributed by atoms with E-state index in [-0.39, 0.29) is 11.5 Å². The molecule has 1 aliphatic carbocycles. The molecule has 0 saturated heterocycles. The largest absolute Gasteiger partial charge is 0.466 e. The maximum atomic E-state index is 11.6. The van der Waals surface area contributed by atoms with Crippen molar-refractivity contribution >= 4 is 5.97 Å². The van der Waals surface area contributed by atoms with Crippen molar-refractivity contribution in [2.45, 2.75) is 45.1 Å². The van der Waals surface area contributed by atoms with Crippen LogP contribution in [0.3, 0.4) is 0 Å². The fourth-order valence-electron chi connectivity index (χ4n) is 2.78. The number of hydrogen-bond acceptors (Lipinski definition) is 3. The number of ether oxygens (including phenoxy) is 1. The molecule has 3 heteroatoms. The Balaban J connectivity index is 2.70. The van der Waals surface area contributed by atoms with Crippen LogP contribution in [-0.2, 0) is 9.53 Å². The molecule has 2 unspecified atom stereocenters. The summed E-state index contributed by atoms with van der Waals surface area (Å²) in [5.74, 6) is 0.525. The lowest BCUT2D eigenvalue weighted by atomic mass is 9.84. The molecule has 0 aliphatic heterocycles. The molecular formula is C12H23NO2. The monoisotopic (exact) mass is 213 g/mol. The van der Waals surface area contributed by atoms with E-state index in [0.717, 1.165) is 6.42 Å². The molecule has 1 rings (SSSR count). The second kappa shape index (κ2) is 4.97. The van der Waals surface area contributed by atoms with Gasteiger partial charge in [-0.3, -0.25) is 4.79 Å². The zero-order valence-corrected chi connectivity index (χ0v) is 10.4. The summed E-state index contributed by atoms with van der Waals surface area (Å²) in [5.41, 5.74) is 0.0340. The molecule has 0 bridgehead atoms. The van der Waals surface area contributed by atoms with Crippen LogP contribution in [-0.4, -0.2) is 37.1 Å². The van der Waals surface area contributed by atoms with Gasteiger partial charge in [0.1, 0.15) is 0 Å². The molecule has 0 amide bonds. The lowest BCUT2D eigenvalue weighted by molar-refractivity contribution is -0.146. The van der Waals surface area contributed by atoms with E-state index >= 15 is 0 Å². The van der Waals surface area contributed by atoms with Crippen molar-refractivity contribution in [2.75, 3.05) is 20.7 Å². The van der Waals surface area contributed by atoms with Gasteiger partial charge in [-0.25, -0.2) is 0 Å². The first-order valence-corrected chi connectivity index (χ1v) is 5.86. The summed E-state index contributed by atoms with van der Waals surface area (Å²) in [5, 5.41) is 0. The minimum atomic E-state index is -0.0556. The zero-order valence-electron chi connectivity index (χ0n) is 10.4. The first-order valence-electron chi connectivity index (χ1n) is 5.86. The van der Waals surface area contributed by atoms with Crippen LogP contribution in [0.4, 0.5) is 0 Å². The Kier molecular flexibility index (Phi) is 4.14. The second-order valence-corrected chi connectivity index (χ2v) is 4.77. The SMILES string of the molecule is CCOC(=O)CC1(N(C)C)CCCC1C. The van der Waals surface area contributed by atoms with Crippen molar-refractivity contribution in [1.82, 2.24) is 4.90 Å². The fraction of sp³-hybridized carbons (Fsp3) is 0.917. The van der Waals surface area contributed by atoms with Gasteiger partial charge in [0, 0.05) is 5.54 Å². The summed E-state index contributed by atoms with van der Waals surface area (Å²) < 4.78 is 5.06. The predicted octanol–water partition coefficient (Wildman–Crippen LogP) is 2.06. The predicted molar refractivity (Wildman–Crippen MR) is 60.7 cm³/mol. The van der Waals surface area contributed by atoms with Crippen LogP contribution in [0.15, 0.2) is 0 Å². The molecule has 3 nitrogen and oxygen atoms in total. The number of rotatable bonds is 4. The minimum Gasteiger partial charge on any atom is -0.466 e. The van der Waals surface area contributed by atoms with Crippen LogP contribution in [0.25, 0.3) is 0 Å². The molecule has 15 heavy (non-hydrogen) atoms. The third kappa shape index (κ3) is 2.51. The van der Waals surface area contributed by atoms with Crippen LogP contribution in [0.5, 0.6) is 0 Å². The van der Waals surface area contributed by atoms with Crippen molar-refractivity contribution in [3.05, 3.63) is 0 Å². The number of nitrogens with zero attached hydrogens (tertiary/aromatic N) is 1. The fourth-order valence-corrected chi connectivity index (χ4v) is 2.78. The van der Waals surface area contributed by atoms with E-state index in [1.54, 1.807) is 0 Å². The van der Waals surface area contributed by atoms with Gasteiger partial charge in [0.2, 0.25) is 0 Å². The molecule has 1 aliphatic rings. The molecule has 0 spiro atoms. The average molecular weight is 213 g/mol. The quantitative estimate of drug-likeness (QED) is 0.669. The van der Waals surface area contributed by atoms with Gasteiger partial charge in [0.05, 0.1) is 13.0 Å². The molecule has 0 N–H and O–H groups in total. The number of carbonyl (C=O) groups is 1. The molecule has 1 fully saturated rings. The van der Waals surface area contributed by atoms with Crippen LogP contribution in [0.1, 0.15) is 39.5 Å². The lowest BCUT2D eigenvalue weighted by Gasteiger charge is -2.39. The van der Waals surface area contributed by atoms with Crippen LogP contribution in [0, 0.1) is 5.92 Å². The van der Waals surface area contributed by atoms with Crippen molar-refractivity contribution in [3.8, 4) is 0 Å². The Bertz CT molecular complexity index is 228. The van der Waals surface area contributed by atoms with Gasteiger partial charge in [0.15, 0.2) is 0 Å². The van der Waals surface area contributed by atoms with Gasteiger partial charge >= 0.3 is 5.97 Å². The van der Waals surface area contributed by atoms with E-state index in [1.165, 1.54) is 12.8 Å². The summed E-state index contributed by atoms with van der Waals surface area (Å²) in [6.45, 7) is 4.58. The van der Waals surface area contributed by atoms with Crippen molar-refractivity contribution < 1.29 is 9.53 Å². The van der Waals surface area contributed by atoms with Crippen molar-refractivity contribution in [2.24, 2.45) is 5.92 Å². The molecule has 0 radical (unpaired) electrons. The summed E-state index contributed by atoms with van der Waals surface area (Å²) in [6, 6.07) is 0. The summed E-state index contributed by atoms with van der Waals surface area (Å²) in [7, 11) is 4.14. The minimum absolute atomic E-state index is 0.0340. The van der Waals surface area contributed by atoms with Crippen LogP contribution < -0.4 is 0 Å². The molecule has 88 valence electrons. The number of esters is 1. The van der Waals surface area contributed by atoms with Gasteiger partial charge in [-0.2, -0.15) is 0 Å². The Morgan fingerprint density at radius 1 is 1.53 bits per heavy atom. The Morgan fingerprint density at radius 3 is 2.60 bits per heavy atom. The maximum absolute atomic E-state index is 11.6. The second-order valence-electron chi connectivity index (χ2n) is 4.77. The lowest BCUT2D eigenvalue weighted by Crippen LogP contribution is -2.48. The smallest absolute Gasteiger partial charge is 0.307 e. The molecule has 1 saturated carbocycles. The Hall–Kier alpha value is -0.570. The van der Waals surface area contributed by atoms with Crippen LogP contribution >= 0.6 is 0 Å². The molecule has 0 aromatic carbocycles. The first kappa shape index (κ1) is 12.5.